The van der Waals surface area contributed by atoms with E-state index in [9.17, 15) is 4.39 Å². The van der Waals surface area contributed by atoms with Crippen molar-refractivity contribution in [2.45, 2.75) is 13.5 Å². The summed E-state index contributed by atoms with van der Waals surface area (Å²) in [5.74, 6) is 1.01. The summed E-state index contributed by atoms with van der Waals surface area (Å²) in [5, 5.41) is 3.12. The molecule has 0 aliphatic heterocycles. The number of nitrogens with zero attached hydrogens (tertiary/aromatic N) is 3. The molecule has 0 unspecified atom stereocenters. The number of halogens is 1. The summed E-state index contributed by atoms with van der Waals surface area (Å²) in [7, 11) is 0. The second kappa shape index (κ2) is 6.30. The average molecular weight is 294 g/mol. The Kier molecular flexibility index (Phi) is 4.05. The van der Waals surface area contributed by atoms with E-state index in [1.165, 1.54) is 6.07 Å². The highest BCUT2D eigenvalue weighted by Crippen LogP contribution is 2.17. The maximum Gasteiger partial charge on any atom is 0.163 e. The predicted octanol–water partition coefficient (Wildman–Crippen LogP) is 3.60. The Balaban J connectivity index is 1.78. The van der Waals surface area contributed by atoms with Gasteiger partial charge in [0.2, 0.25) is 0 Å². The number of anilines is 1. The number of aromatic nitrogens is 3. The number of benzene rings is 1. The summed E-state index contributed by atoms with van der Waals surface area (Å²) >= 11 is 0. The molecule has 22 heavy (non-hydrogen) atoms. The second-order valence-corrected chi connectivity index (χ2v) is 4.96. The van der Waals surface area contributed by atoms with Gasteiger partial charge in [-0.1, -0.05) is 18.2 Å². The van der Waals surface area contributed by atoms with E-state index in [0.717, 1.165) is 11.1 Å². The topological polar surface area (TPSA) is 50.7 Å². The fraction of sp³-hybridized carbons (Fsp3) is 0.118. The molecule has 0 atom stereocenters. The van der Waals surface area contributed by atoms with Crippen molar-refractivity contribution in [1.29, 1.82) is 0 Å². The molecule has 0 aliphatic carbocycles. The Bertz CT molecular complexity index is 789. The van der Waals surface area contributed by atoms with Crippen LogP contribution in [0.4, 0.5) is 10.2 Å². The van der Waals surface area contributed by atoms with Crippen LogP contribution in [0.15, 0.2) is 55.0 Å². The van der Waals surface area contributed by atoms with Crippen LogP contribution in [0.1, 0.15) is 11.1 Å². The third kappa shape index (κ3) is 3.25. The number of pyridine rings is 1. The van der Waals surface area contributed by atoms with Gasteiger partial charge in [-0.2, -0.15) is 0 Å². The van der Waals surface area contributed by atoms with Crippen LogP contribution >= 0.6 is 0 Å². The smallest absolute Gasteiger partial charge is 0.163 e. The van der Waals surface area contributed by atoms with E-state index in [0.29, 0.717) is 23.8 Å². The molecular weight excluding hydrogens is 279 g/mol. The number of hydrogen-bond donors (Lipinski definition) is 1. The van der Waals surface area contributed by atoms with E-state index < -0.39 is 0 Å². The normalized spacial score (nSPS) is 10.5. The van der Waals surface area contributed by atoms with Crippen LogP contribution in [-0.2, 0) is 6.54 Å². The molecule has 0 saturated carbocycles. The molecular formula is C17H15FN4. The molecule has 0 saturated heterocycles. The van der Waals surface area contributed by atoms with Gasteiger partial charge in [-0.05, 0) is 30.7 Å². The van der Waals surface area contributed by atoms with Crippen LogP contribution in [0.5, 0.6) is 0 Å². The van der Waals surface area contributed by atoms with E-state index in [2.05, 4.69) is 20.3 Å². The molecule has 1 aromatic carbocycles. The van der Waals surface area contributed by atoms with Crippen molar-refractivity contribution in [3.63, 3.8) is 0 Å². The highest BCUT2D eigenvalue weighted by Gasteiger charge is 2.05. The molecule has 1 N–H and O–H groups in total. The minimum atomic E-state index is -0.229. The van der Waals surface area contributed by atoms with Crippen LogP contribution < -0.4 is 5.32 Å². The van der Waals surface area contributed by atoms with E-state index in [-0.39, 0.29) is 5.82 Å². The Labute approximate surface area is 128 Å². The largest absolute Gasteiger partial charge is 0.366 e. The first-order chi connectivity index (χ1) is 10.7. The van der Waals surface area contributed by atoms with Crippen molar-refractivity contribution in [3.8, 4) is 11.4 Å². The quantitative estimate of drug-likeness (QED) is 0.799. The van der Waals surface area contributed by atoms with Gasteiger partial charge < -0.3 is 5.32 Å². The molecule has 5 heteroatoms. The predicted molar refractivity (Wildman–Crippen MR) is 83.7 cm³/mol. The Morgan fingerprint density at radius 3 is 2.82 bits per heavy atom. The van der Waals surface area contributed by atoms with Crippen LogP contribution in [0.25, 0.3) is 11.4 Å². The lowest BCUT2D eigenvalue weighted by Gasteiger charge is -2.08. The number of hydrogen-bond acceptors (Lipinski definition) is 4. The van der Waals surface area contributed by atoms with E-state index in [1.54, 1.807) is 36.8 Å². The van der Waals surface area contributed by atoms with Gasteiger partial charge in [-0.15, -0.1) is 0 Å². The van der Waals surface area contributed by atoms with E-state index in [4.69, 9.17) is 0 Å². The third-order valence-corrected chi connectivity index (χ3v) is 3.21. The molecule has 3 aromatic rings. The molecule has 4 nitrogen and oxygen atoms in total. The summed E-state index contributed by atoms with van der Waals surface area (Å²) < 4.78 is 13.6. The zero-order chi connectivity index (χ0) is 15.4. The van der Waals surface area contributed by atoms with Gasteiger partial charge in [0.15, 0.2) is 5.82 Å². The Morgan fingerprint density at radius 2 is 2.00 bits per heavy atom. The van der Waals surface area contributed by atoms with Crippen LogP contribution in [0.3, 0.4) is 0 Å². The van der Waals surface area contributed by atoms with E-state index >= 15 is 0 Å². The number of aryl methyl sites for hydroxylation is 1. The van der Waals surface area contributed by atoms with Gasteiger partial charge in [0.25, 0.3) is 0 Å². The van der Waals surface area contributed by atoms with Gasteiger partial charge in [0.05, 0.1) is 0 Å². The minimum absolute atomic E-state index is 0.229. The lowest BCUT2D eigenvalue weighted by atomic mass is 10.2. The van der Waals surface area contributed by atoms with Crippen molar-refractivity contribution in [2.24, 2.45) is 0 Å². The van der Waals surface area contributed by atoms with Gasteiger partial charge in [-0.25, -0.2) is 14.4 Å². The molecule has 0 radical (unpaired) electrons. The van der Waals surface area contributed by atoms with Gasteiger partial charge in [0, 0.05) is 36.3 Å². The van der Waals surface area contributed by atoms with Crippen molar-refractivity contribution < 1.29 is 4.39 Å². The summed E-state index contributed by atoms with van der Waals surface area (Å²) in [4.78, 5) is 12.8. The fourth-order valence-electron chi connectivity index (χ4n) is 2.10. The Hall–Kier alpha value is -2.82. The van der Waals surface area contributed by atoms with Crippen molar-refractivity contribution in [3.05, 3.63) is 71.9 Å². The van der Waals surface area contributed by atoms with Crippen molar-refractivity contribution in [2.75, 3.05) is 5.32 Å². The highest BCUT2D eigenvalue weighted by atomic mass is 19.1. The van der Waals surface area contributed by atoms with Crippen LogP contribution in [-0.4, -0.2) is 15.0 Å². The molecule has 0 bridgehead atoms. The molecule has 3 rings (SSSR count). The molecule has 0 amide bonds. The first kappa shape index (κ1) is 14.1. The summed E-state index contributed by atoms with van der Waals surface area (Å²) in [6.07, 6.45) is 5.18. The molecule has 0 aliphatic rings. The van der Waals surface area contributed by atoms with Gasteiger partial charge >= 0.3 is 0 Å². The minimum Gasteiger partial charge on any atom is -0.366 e. The van der Waals surface area contributed by atoms with Crippen LogP contribution in [0, 0.1) is 12.7 Å². The summed E-state index contributed by atoms with van der Waals surface area (Å²) in [6, 6.07) is 10.4. The maximum absolute atomic E-state index is 13.6. The maximum atomic E-state index is 13.6. The Morgan fingerprint density at radius 1 is 1.14 bits per heavy atom. The molecule has 2 heterocycles. The monoisotopic (exact) mass is 294 g/mol. The number of rotatable bonds is 4. The summed E-state index contributed by atoms with van der Waals surface area (Å²) in [5.41, 5.74) is 2.50. The molecule has 2 aromatic heterocycles. The van der Waals surface area contributed by atoms with Gasteiger partial charge in [0.1, 0.15) is 11.6 Å². The van der Waals surface area contributed by atoms with Gasteiger partial charge in [-0.3, -0.25) is 4.98 Å². The highest BCUT2D eigenvalue weighted by molar-refractivity contribution is 5.56. The fourth-order valence-corrected chi connectivity index (χ4v) is 2.10. The average Bonchev–Trinajstić information content (AvgIpc) is 2.54. The third-order valence-electron chi connectivity index (χ3n) is 3.21. The molecule has 0 fully saturated rings. The van der Waals surface area contributed by atoms with Crippen molar-refractivity contribution >= 4 is 5.82 Å². The van der Waals surface area contributed by atoms with E-state index in [1.807, 2.05) is 19.1 Å². The zero-order valence-corrected chi connectivity index (χ0v) is 12.1. The molecule has 110 valence electrons. The standard InChI is InChI=1S/C17H15FN4/c1-12-8-14(10-19-9-12)17-20-7-6-16(22-17)21-11-13-4-2-3-5-15(13)18/h2-10H,11H2,1H3,(H,20,21,22). The lowest BCUT2D eigenvalue weighted by molar-refractivity contribution is 0.613. The SMILES string of the molecule is Cc1cncc(-c2nccc(NCc3ccccc3F)n2)c1. The zero-order valence-electron chi connectivity index (χ0n) is 12.1. The van der Waals surface area contributed by atoms with Crippen molar-refractivity contribution in [1.82, 2.24) is 15.0 Å². The first-order valence-electron chi connectivity index (χ1n) is 6.95. The first-order valence-corrected chi connectivity index (χ1v) is 6.95. The molecule has 0 spiro atoms. The second-order valence-electron chi connectivity index (χ2n) is 4.96. The number of nitrogens with one attached hydrogen (secondary N) is 1. The van der Waals surface area contributed by atoms with Crippen LogP contribution in [0.2, 0.25) is 0 Å². The summed E-state index contributed by atoms with van der Waals surface area (Å²) in [6.45, 7) is 2.34. The lowest BCUT2D eigenvalue weighted by Crippen LogP contribution is -2.04.